The predicted octanol–water partition coefficient (Wildman–Crippen LogP) is 4.43. The summed E-state index contributed by atoms with van der Waals surface area (Å²) in [5, 5.41) is 7.77. The van der Waals surface area contributed by atoms with Crippen LogP contribution in [0.3, 0.4) is 0 Å². The van der Waals surface area contributed by atoms with Crippen molar-refractivity contribution >= 4 is 11.6 Å². The third-order valence-corrected chi connectivity index (χ3v) is 3.18. The molecule has 0 atom stereocenters. The average Bonchev–Trinajstić information content (AvgIpc) is 2.97. The van der Waals surface area contributed by atoms with Crippen LogP contribution < -0.4 is 4.74 Å². The van der Waals surface area contributed by atoms with E-state index in [1.807, 2.05) is 24.3 Å². The van der Waals surface area contributed by atoms with Crippen molar-refractivity contribution in [1.29, 1.82) is 0 Å². The van der Waals surface area contributed by atoms with Crippen molar-refractivity contribution in [3.8, 4) is 17.2 Å². The number of aromatic nitrogens is 2. The molecule has 1 heterocycles. The molecule has 0 N–H and O–H groups in total. The summed E-state index contributed by atoms with van der Waals surface area (Å²) in [7, 11) is 0. The van der Waals surface area contributed by atoms with Gasteiger partial charge in [-0.15, -0.1) is 21.8 Å². The number of hydrogen-bond donors (Lipinski definition) is 0. The van der Waals surface area contributed by atoms with Crippen LogP contribution in [0.2, 0.25) is 0 Å². The molecule has 0 fully saturated rings. The van der Waals surface area contributed by atoms with Gasteiger partial charge in [0.05, 0.1) is 6.61 Å². The molecule has 0 unspecified atom stereocenters. The van der Waals surface area contributed by atoms with Crippen LogP contribution in [0, 0.1) is 0 Å². The van der Waals surface area contributed by atoms with E-state index in [-0.39, 0.29) is 5.88 Å². The molecule has 5 heteroatoms. The third kappa shape index (κ3) is 4.23. The Balaban J connectivity index is 1.86. The fraction of sp³-hybridized carbons (Fsp3) is 0.467. The van der Waals surface area contributed by atoms with Crippen LogP contribution in [-0.4, -0.2) is 16.8 Å². The molecule has 0 amide bonds. The first-order valence-corrected chi connectivity index (χ1v) is 7.48. The zero-order valence-corrected chi connectivity index (χ0v) is 12.4. The molecule has 20 heavy (non-hydrogen) atoms. The number of rotatable bonds is 8. The number of alkyl halides is 1. The molecule has 0 aliphatic heterocycles. The monoisotopic (exact) mass is 294 g/mol. The van der Waals surface area contributed by atoms with E-state index in [1.165, 1.54) is 19.3 Å². The van der Waals surface area contributed by atoms with Crippen molar-refractivity contribution < 1.29 is 9.15 Å². The summed E-state index contributed by atoms with van der Waals surface area (Å²) >= 11 is 5.63. The zero-order chi connectivity index (χ0) is 14.2. The van der Waals surface area contributed by atoms with E-state index in [2.05, 4.69) is 17.1 Å². The maximum absolute atomic E-state index is 5.68. The third-order valence-electron chi connectivity index (χ3n) is 2.95. The molecule has 0 radical (unpaired) electrons. The van der Waals surface area contributed by atoms with Gasteiger partial charge in [-0.05, 0) is 30.7 Å². The number of ether oxygens (including phenoxy) is 1. The van der Waals surface area contributed by atoms with E-state index in [1.54, 1.807) is 0 Å². The lowest BCUT2D eigenvalue weighted by molar-refractivity contribution is 0.305. The van der Waals surface area contributed by atoms with Gasteiger partial charge in [0, 0.05) is 5.56 Å². The Morgan fingerprint density at radius 1 is 1.10 bits per heavy atom. The first-order chi connectivity index (χ1) is 9.83. The van der Waals surface area contributed by atoms with Gasteiger partial charge in [0.15, 0.2) is 0 Å². The predicted molar refractivity (Wildman–Crippen MR) is 78.9 cm³/mol. The normalized spacial score (nSPS) is 10.7. The van der Waals surface area contributed by atoms with Crippen molar-refractivity contribution in [1.82, 2.24) is 10.2 Å². The highest BCUT2D eigenvalue weighted by Crippen LogP contribution is 2.21. The molecule has 1 aromatic heterocycles. The molecular formula is C15H19ClN2O2. The van der Waals surface area contributed by atoms with E-state index in [4.69, 9.17) is 20.8 Å². The van der Waals surface area contributed by atoms with Crippen molar-refractivity contribution in [2.45, 2.75) is 38.5 Å². The number of unbranched alkanes of at least 4 members (excludes halogenated alkanes) is 3. The molecule has 0 bridgehead atoms. The van der Waals surface area contributed by atoms with E-state index in [0.29, 0.717) is 11.8 Å². The minimum Gasteiger partial charge on any atom is -0.494 e. The van der Waals surface area contributed by atoms with Gasteiger partial charge in [-0.2, -0.15) is 0 Å². The fourth-order valence-corrected chi connectivity index (χ4v) is 1.94. The highest BCUT2D eigenvalue weighted by molar-refractivity contribution is 6.16. The lowest BCUT2D eigenvalue weighted by Crippen LogP contribution is -1.96. The zero-order valence-electron chi connectivity index (χ0n) is 11.6. The first kappa shape index (κ1) is 14.9. The van der Waals surface area contributed by atoms with Gasteiger partial charge in [-0.3, -0.25) is 0 Å². The second-order valence-corrected chi connectivity index (χ2v) is 4.84. The number of halogens is 1. The van der Waals surface area contributed by atoms with Gasteiger partial charge in [-0.25, -0.2) is 0 Å². The standard InChI is InChI=1S/C15H19ClN2O2/c1-2-3-4-5-10-19-13-8-6-12(7-9-13)15-18-17-14(11-16)20-15/h6-9H,2-5,10-11H2,1H3. The lowest BCUT2D eigenvalue weighted by atomic mass is 10.2. The van der Waals surface area contributed by atoms with Gasteiger partial charge in [0.25, 0.3) is 0 Å². The van der Waals surface area contributed by atoms with Gasteiger partial charge in [-0.1, -0.05) is 26.2 Å². The van der Waals surface area contributed by atoms with E-state index >= 15 is 0 Å². The Labute approximate surface area is 124 Å². The molecule has 2 rings (SSSR count). The summed E-state index contributed by atoms with van der Waals surface area (Å²) in [4.78, 5) is 0. The van der Waals surface area contributed by atoms with Crippen LogP contribution in [-0.2, 0) is 5.88 Å². The summed E-state index contributed by atoms with van der Waals surface area (Å²) in [6, 6.07) is 7.65. The molecule has 0 spiro atoms. The van der Waals surface area contributed by atoms with Gasteiger partial charge < -0.3 is 9.15 Å². The number of nitrogens with zero attached hydrogens (tertiary/aromatic N) is 2. The van der Waals surface area contributed by atoms with Crippen LogP contribution in [0.1, 0.15) is 38.5 Å². The van der Waals surface area contributed by atoms with Crippen molar-refractivity contribution in [3.05, 3.63) is 30.2 Å². The lowest BCUT2D eigenvalue weighted by Gasteiger charge is -2.06. The fourth-order valence-electron chi connectivity index (χ4n) is 1.84. The van der Waals surface area contributed by atoms with Crippen molar-refractivity contribution in [2.24, 2.45) is 0 Å². The van der Waals surface area contributed by atoms with E-state index in [0.717, 1.165) is 24.3 Å². The average molecular weight is 295 g/mol. The van der Waals surface area contributed by atoms with Crippen molar-refractivity contribution in [3.63, 3.8) is 0 Å². The molecule has 0 saturated heterocycles. The Bertz CT molecular complexity index is 511. The Kier molecular flexibility index (Phi) is 5.87. The summed E-state index contributed by atoms with van der Waals surface area (Å²) in [6.45, 7) is 2.96. The SMILES string of the molecule is CCCCCCOc1ccc(-c2nnc(CCl)o2)cc1. The van der Waals surface area contributed by atoms with Crippen molar-refractivity contribution in [2.75, 3.05) is 6.61 Å². The van der Waals surface area contributed by atoms with E-state index < -0.39 is 0 Å². The number of benzene rings is 1. The van der Waals surface area contributed by atoms with Crippen LogP contribution in [0.5, 0.6) is 5.75 Å². The summed E-state index contributed by atoms with van der Waals surface area (Å²) in [6.07, 6.45) is 4.82. The Hall–Kier alpha value is -1.55. The number of hydrogen-bond acceptors (Lipinski definition) is 4. The molecular weight excluding hydrogens is 276 g/mol. The maximum Gasteiger partial charge on any atom is 0.247 e. The molecule has 0 saturated carbocycles. The Morgan fingerprint density at radius 3 is 2.55 bits per heavy atom. The van der Waals surface area contributed by atoms with Gasteiger partial charge >= 0.3 is 0 Å². The van der Waals surface area contributed by atoms with Gasteiger partial charge in [0.1, 0.15) is 11.6 Å². The largest absolute Gasteiger partial charge is 0.494 e. The maximum atomic E-state index is 5.68. The summed E-state index contributed by atoms with van der Waals surface area (Å²) in [5.74, 6) is 2.00. The second-order valence-electron chi connectivity index (χ2n) is 4.57. The molecule has 2 aromatic rings. The van der Waals surface area contributed by atoms with E-state index in [9.17, 15) is 0 Å². The Morgan fingerprint density at radius 2 is 1.90 bits per heavy atom. The molecule has 0 aliphatic rings. The molecule has 4 nitrogen and oxygen atoms in total. The minimum absolute atomic E-state index is 0.228. The van der Waals surface area contributed by atoms with Crippen LogP contribution >= 0.6 is 11.6 Å². The topological polar surface area (TPSA) is 48.2 Å². The van der Waals surface area contributed by atoms with Crippen LogP contribution in [0.15, 0.2) is 28.7 Å². The summed E-state index contributed by atoms with van der Waals surface area (Å²) in [5.41, 5.74) is 0.868. The molecule has 0 aliphatic carbocycles. The molecule has 108 valence electrons. The van der Waals surface area contributed by atoms with Gasteiger partial charge in [0.2, 0.25) is 11.8 Å². The van der Waals surface area contributed by atoms with Crippen LogP contribution in [0.4, 0.5) is 0 Å². The minimum atomic E-state index is 0.228. The smallest absolute Gasteiger partial charge is 0.247 e. The highest BCUT2D eigenvalue weighted by atomic mass is 35.5. The second kappa shape index (κ2) is 7.90. The van der Waals surface area contributed by atoms with Crippen LogP contribution in [0.25, 0.3) is 11.5 Å². The summed E-state index contributed by atoms with van der Waals surface area (Å²) < 4.78 is 11.1. The highest BCUT2D eigenvalue weighted by Gasteiger charge is 2.07. The molecule has 1 aromatic carbocycles. The quantitative estimate of drug-likeness (QED) is 0.533. The first-order valence-electron chi connectivity index (χ1n) is 6.95.